The predicted octanol–water partition coefficient (Wildman–Crippen LogP) is -0.475. The summed E-state index contributed by atoms with van der Waals surface area (Å²) >= 11 is 0. The number of aliphatic hydroxyl groups excluding tert-OH is 5. The maximum absolute atomic E-state index is 13.9. The fourth-order valence-electron chi connectivity index (χ4n) is 9.46. The molecular formula is C42H71NO24S2. The molecule has 1 amide bonds. The summed E-state index contributed by atoms with van der Waals surface area (Å²) < 4.78 is 107. The number of carboxylic acid groups (broad SMARTS) is 1. The number of hydrogen-bond acceptors (Lipinski definition) is 21. The van der Waals surface area contributed by atoms with E-state index in [4.69, 9.17) is 37.5 Å². The fraction of sp³-hybridized carbons (Fsp3) is 0.905. The van der Waals surface area contributed by atoms with Crippen LogP contribution in [0.5, 0.6) is 0 Å². The van der Waals surface area contributed by atoms with Gasteiger partial charge in [0.1, 0.15) is 60.3 Å². The van der Waals surface area contributed by atoms with Gasteiger partial charge in [-0.2, -0.15) is 16.8 Å². The molecule has 25 nitrogen and oxygen atoms in total. The zero-order chi connectivity index (χ0) is 51.2. The van der Waals surface area contributed by atoms with Crippen LogP contribution in [0.4, 0.5) is 0 Å². The summed E-state index contributed by atoms with van der Waals surface area (Å²) in [6.07, 6.45) is -13.8. The third kappa shape index (κ3) is 18.9. The van der Waals surface area contributed by atoms with Crippen LogP contribution in [0.3, 0.4) is 0 Å². The van der Waals surface area contributed by atoms with Crippen molar-refractivity contribution in [3.8, 4) is 0 Å². The van der Waals surface area contributed by atoms with Crippen molar-refractivity contribution in [1.82, 2.24) is 5.32 Å². The van der Waals surface area contributed by atoms with Gasteiger partial charge in [-0.25, -0.2) is 13.2 Å². The van der Waals surface area contributed by atoms with Crippen LogP contribution < -0.4 is 5.32 Å². The summed E-state index contributed by atoms with van der Waals surface area (Å²) in [5.74, 6) is -3.83. The maximum atomic E-state index is 13.9. The Balaban J connectivity index is 1.48. The van der Waals surface area contributed by atoms with Gasteiger partial charge in [0.05, 0.1) is 31.5 Å². The molecule has 400 valence electrons. The first-order valence-corrected chi connectivity index (χ1v) is 26.1. The quantitative estimate of drug-likeness (QED) is 0.0353. The molecule has 4 rings (SSSR count). The van der Waals surface area contributed by atoms with Crippen molar-refractivity contribution in [2.75, 3.05) is 26.4 Å². The molecule has 0 aromatic carbocycles. The van der Waals surface area contributed by atoms with Crippen LogP contribution in [-0.4, -0.2) is 192 Å². The van der Waals surface area contributed by atoms with Gasteiger partial charge in [0.15, 0.2) is 18.7 Å². The van der Waals surface area contributed by atoms with E-state index in [0.717, 1.165) is 32.1 Å². The number of hydrogen-bond donors (Lipinski definition) is 9. The second kappa shape index (κ2) is 27.6. The van der Waals surface area contributed by atoms with Crippen molar-refractivity contribution < 1.29 is 113 Å². The monoisotopic (exact) mass is 1040 g/mol. The molecule has 0 radical (unpaired) electrons. The van der Waals surface area contributed by atoms with E-state index in [2.05, 4.69) is 13.7 Å². The lowest BCUT2D eigenvalue weighted by atomic mass is 9.74. The first kappa shape index (κ1) is 59.1. The summed E-state index contributed by atoms with van der Waals surface area (Å²) in [7, 11) is -10.1. The van der Waals surface area contributed by atoms with E-state index in [-0.39, 0.29) is 69.9 Å². The number of ether oxygens (including phenoxy) is 6. The highest BCUT2D eigenvalue weighted by atomic mass is 32.3. The Morgan fingerprint density at radius 2 is 1.48 bits per heavy atom. The lowest BCUT2D eigenvalue weighted by Gasteiger charge is -2.49. The molecule has 2 aliphatic heterocycles. The Kier molecular flexibility index (Phi) is 23.6. The van der Waals surface area contributed by atoms with Gasteiger partial charge in [0, 0.05) is 45.3 Å². The number of rotatable bonds is 28. The standard InChI is InChI=1S/C42H71NO24S2/c1-4-25-17-26(29(47)13-9-15-60-14-8-12-27(46)19-28(67-69(57,58)59)21-61-68(54,55)56)18-30(38(25)66-42-37(51)36(50)34(48)22(2)62-42)64-41-33(43-23(3)45)39(35(49)32(20-44)65-41)63-31(40(52)53)16-24-10-6-5-7-11-24/h22,24-26,28,30-39,41-42,44,48-51H,4-21H2,1-3H3,(H,43,45)(H,52,53)(H,54,55,56)(H,57,58,59)/t22?,25?,26?,28-,30+,31-,32-,33?,34+,35-,36-,37?,38+,39?,41+,42-/m0/s1. The molecule has 6 unspecified atom stereocenters. The van der Waals surface area contributed by atoms with E-state index >= 15 is 0 Å². The molecule has 27 heteroatoms. The highest BCUT2D eigenvalue weighted by Gasteiger charge is 2.53. The van der Waals surface area contributed by atoms with E-state index in [0.29, 0.717) is 6.42 Å². The fourth-order valence-corrected chi connectivity index (χ4v) is 10.3. The Morgan fingerprint density at radius 1 is 0.812 bits per heavy atom. The number of Topliss-reactive ketones (excluding diaryl/α,β-unsaturated/α-hetero) is 2. The second-order valence-electron chi connectivity index (χ2n) is 18.3. The number of ketones is 2. The van der Waals surface area contributed by atoms with Crippen LogP contribution >= 0.6 is 0 Å². The Morgan fingerprint density at radius 3 is 2.07 bits per heavy atom. The molecule has 2 saturated heterocycles. The minimum Gasteiger partial charge on any atom is -0.479 e. The molecule has 69 heavy (non-hydrogen) atoms. The van der Waals surface area contributed by atoms with E-state index in [1.54, 1.807) is 0 Å². The van der Waals surface area contributed by atoms with Gasteiger partial charge < -0.3 is 64.4 Å². The topological polar surface area (TPSA) is 384 Å². The van der Waals surface area contributed by atoms with Gasteiger partial charge in [0.2, 0.25) is 5.91 Å². The summed E-state index contributed by atoms with van der Waals surface area (Å²) in [4.78, 5) is 51.7. The van der Waals surface area contributed by atoms with Crippen molar-refractivity contribution >= 4 is 44.2 Å². The van der Waals surface area contributed by atoms with Gasteiger partial charge >= 0.3 is 26.8 Å². The van der Waals surface area contributed by atoms with Gasteiger partial charge in [-0.15, -0.1) is 0 Å². The second-order valence-corrected chi connectivity index (χ2v) is 20.4. The molecule has 0 aromatic rings. The third-order valence-corrected chi connectivity index (χ3v) is 13.9. The van der Waals surface area contributed by atoms with Crippen molar-refractivity contribution in [3.63, 3.8) is 0 Å². The van der Waals surface area contributed by atoms with E-state index < -0.39 is 156 Å². The van der Waals surface area contributed by atoms with Gasteiger partial charge in [-0.3, -0.25) is 23.5 Å². The zero-order valence-corrected chi connectivity index (χ0v) is 40.6. The average molecular weight is 1040 g/mol. The zero-order valence-electron chi connectivity index (χ0n) is 39.0. The summed E-state index contributed by atoms with van der Waals surface area (Å²) in [6.45, 7) is 2.75. The molecule has 0 aromatic heterocycles. The minimum atomic E-state index is -5.10. The average Bonchev–Trinajstić information content (AvgIpc) is 3.27. The molecule has 0 bridgehead atoms. The molecule has 16 atom stereocenters. The van der Waals surface area contributed by atoms with E-state index in [9.17, 15) is 66.7 Å². The Bertz CT molecular complexity index is 1870. The molecule has 2 heterocycles. The predicted molar refractivity (Wildman–Crippen MR) is 233 cm³/mol. The number of aliphatic hydroxyl groups is 5. The van der Waals surface area contributed by atoms with Crippen LogP contribution in [0.25, 0.3) is 0 Å². The molecule has 2 saturated carbocycles. The molecule has 4 aliphatic rings. The summed E-state index contributed by atoms with van der Waals surface area (Å²) in [6, 6.07) is -1.36. The number of carbonyl (C=O) groups excluding carboxylic acids is 3. The van der Waals surface area contributed by atoms with Crippen LogP contribution in [-0.2, 0) is 76.8 Å². The molecular weight excluding hydrogens is 967 g/mol. The van der Waals surface area contributed by atoms with Gasteiger partial charge in [-0.05, 0) is 50.9 Å². The summed E-state index contributed by atoms with van der Waals surface area (Å²) in [5.41, 5.74) is 0. The number of carbonyl (C=O) groups is 4. The number of carboxylic acids is 1. The Hall–Kier alpha value is -2.42. The van der Waals surface area contributed by atoms with Crippen molar-refractivity contribution in [3.05, 3.63) is 0 Å². The highest BCUT2D eigenvalue weighted by Crippen LogP contribution is 2.40. The largest absolute Gasteiger partial charge is 0.479 e. The Labute approximate surface area is 401 Å². The SMILES string of the molecule is CCC1CC(C(=O)CCCOCCCC(=O)C[C@@H](COS(=O)(=O)O)OS(=O)(=O)O)C[C@@H](O[C@@H]2O[C@@H](CO)[C@H](O)C(O[C@@H](CC3CCCCC3)C(=O)O)C2NC(C)=O)[C@@H]1O[C@@H]1OC(C)[C@@H](O)[C@H](O)C1O. The smallest absolute Gasteiger partial charge is 0.397 e. The molecule has 0 spiro atoms. The minimum absolute atomic E-state index is 0.0213. The van der Waals surface area contributed by atoms with Crippen molar-refractivity contribution in [1.29, 1.82) is 0 Å². The van der Waals surface area contributed by atoms with Crippen LogP contribution in [0.1, 0.15) is 111 Å². The first-order valence-electron chi connectivity index (χ1n) is 23.4. The molecule has 2 aliphatic carbocycles. The van der Waals surface area contributed by atoms with Crippen molar-refractivity contribution in [2.45, 2.75) is 196 Å². The van der Waals surface area contributed by atoms with Gasteiger partial charge in [0.25, 0.3) is 0 Å². The number of amides is 1. The normalized spacial score (nSPS) is 33.6. The maximum Gasteiger partial charge on any atom is 0.397 e. The van der Waals surface area contributed by atoms with E-state index in [1.807, 2.05) is 6.92 Å². The third-order valence-electron chi connectivity index (χ3n) is 13.0. The lowest BCUT2D eigenvalue weighted by molar-refractivity contribution is -0.338. The van der Waals surface area contributed by atoms with Crippen molar-refractivity contribution in [2.24, 2.45) is 17.8 Å². The van der Waals surface area contributed by atoms with E-state index in [1.165, 1.54) is 13.8 Å². The van der Waals surface area contributed by atoms with Gasteiger partial charge in [-0.1, -0.05) is 45.4 Å². The number of aliphatic carboxylic acids is 1. The first-order chi connectivity index (χ1) is 32.4. The molecule has 4 fully saturated rings. The highest BCUT2D eigenvalue weighted by molar-refractivity contribution is 7.81. The van der Waals surface area contributed by atoms with Crippen LogP contribution in [0, 0.1) is 17.8 Å². The van der Waals surface area contributed by atoms with Crippen LogP contribution in [0.15, 0.2) is 0 Å². The van der Waals surface area contributed by atoms with Crippen LogP contribution in [0.2, 0.25) is 0 Å². The number of nitrogens with one attached hydrogen (secondary N) is 1. The summed E-state index contributed by atoms with van der Waals surface area (Å²) in [5, 5.41) is 66.7. The molecule has 9 N–H and O–H groups in total. The lowest BCUT2D eigenvalue weighted by Crippen LogP contribution is -2.67.